The first-order valence-electron chi connectivity index (χ1n) is 11.4. The largest absolute Gasteiger partial charge is 0.341 e. The average molecular weight is 448 g/mol. The second-order valence-electron chi connectivity index (χ2n) is 8.59. The fourth-order valence-electron chi connectivity index (χ4n) is 4.93. The van der Waals surface area contributed by atoms with Crippen molar-refractivity contribution in [2.45, 2.75) is 44.6 Å². The molecule has 2 aliphatic rings. The molecule has 33 heavy (non-hydrogen) atoms. The smallest absolute Gasteiger partial charge is 0.325 e. The summed E-state index contributed by atoms with van der Waals surface area (Å²) >= 11 is 0. The third-order valence-electron chi connectivity index (χ3n) is 6.70. The molecule has 2 saturated heterocycles. The molecule has 0 spiro atoms. The van der Waals surface area contributed by atoms with E-state index in [1.807, 2.05) is 18.2 Å². The number of piperidine rings is 1. The zero-order chi connectivity index (χ0) is 23.3. The maximum atomic E-state index is 13.6. The summed E-state index contributed by atoms with van der Waals surface area (Å²) in [7, 11) is 0. The van der Waals surface area contributed by atoms with Gasteiger partial charge >= 0.3 is 6.03 Å². The molecule has 2 aromatic rings. The minimum Gasteiger partial charge on any atom is -0.341 e. The molecular weight excluding hydrogens is 418 g/mol. The van der Waals surface area contributed by atoms with Gasteiger partial charge in [0.1, 0.15) is 11.2 Å². The van der Waals surface area contributed by atoms with Gasteiger partial charge in [-0.2, -0.15) is 0 Å². The number of rotatable bonds is 7. The average Bonchev–Trinajstić information content (AvgIpc) is 3.46. The van der Waals surface area contributed by atoms with Crippen molar-refractivity contribution >= 4 is 17.8 Å². The molecule has 1 atom stereocenters. The molecular formula is C25H29N5O3. The Morgan fingerprint density at radius 2 is 1.97 bits per heavy atom. The SMILES string of the molecule is CC#CCN1C(=O)NC(CCCc2ccccc2)(C2CCN(C(=O)c3cnc[nH]3)CC2)C1=O. The third kappa shape index (κ3) is 4.63. The van der Waals surface area contributed by atoms with Gasteiger partial charge in [-0.1, -0.05) is 36.3 Å². The molecule has 8 heteroatoms. The number of nitrogens with zero attached hydrogens (tertiary/aromatic N) is 3. The minimum absolute atomic E-state index is 0.0462. The number of amides is 4. The van der Waals surface area contributed by atoms with Crippen LogP contribution in [0.3, 0.4) is 0 Å². The van der Waals surface area contributed by atoms with Crippen LogP contribution in [0.1, 0.15) is 48.7 Å². The van der Waals surface area contributed by atoms with E-state index in [0.717, 1.165) is 12.8 Å². The van der Waals surface area contributed by atoms with Crippen LogP contribution in [0.4, 0.5) is 4.79 Å². The van der Waals surface area contributed by atoms with Crippen LogP contribution in [0.15, 0.2) is 42.9 Å². The van der Waals surface area contributed by atoms with Crippen LogP contribution in [0.2, 0.25) is 0 Å². The maximum Gasteiger partial charge on any atom is 0.325 e. The first kappa shape index (κ1) is 22.6. The van der Waals surface area contributed by atoms with Gasteiger partial charge in [-0.3, -0.25) is 14.5 Å². The Hall–Kier alpha value is -3.60. The van der Waals surface area contributed by atoms with Crippen molar-refractivity contribution in [3.63, 3.8) is 0 Å². The quantitative estimate of drug-likeness (QED) is 0.504. The number of urea groups is 1. The Bertz CT molecular complexity index is 1050. The molecule has 172 valence electrons. The van der Waals surface area contributed by atoms with Gasteiger partial charge < -0.3 is 15.2 Å². The third-order valence-corrected chi connectivity index (χ3v) is 6.70. The number of benzene rings is 1. The van der Waals surface area contributed by atoms with Gasteiger partial charge in [-0.05, 0) is 50.5 Å². The number of H-pyrrole nitrogens is 1. The molecule has 8 nitrogen and oxygen atoms in total. The predicted octanol–water partition coefficient (Wildman–Crippen LogP) is 2.60. The van der Waals surface area contributed by atoms with E-state index in [4.69, 9.17) is 0 Å². The van der Waals surface area contributed by atoms with Crippen LogP contribution in [0.25, 0.3) is 0 Å². The van der Waals surface area contributed by atoms with Crippen LogP contribution >= 0.6 is 0 Å². The number of carbonyl (C=O) groups is 3. The molecule has 1 aromatic heterocycles. The van der Waals surface area contributed by atoms with Crippen molar-refractivity contribution in [2.75, 3.05) is 19.6 Å². The number of aromatic amines is 1. The summed E-state index contributed by atoms with van der Waals surface area (Å²) in [6.45, 7) is 2.85. The number of carbonyl (C=O) groups excluding carboxylic acids is 3. The van der Waals surface area contributed by atoms with E-state index in [9.17, 15) is 14.4 Å². The van der Waals surface area contributed by atoms with Gasteiger partial charge in [-0.15, -0.1) is 5.92 Å². The predicted molar refractivity (Wildman–Crippen MR) is 123 cm³/mol. The fourth-order valence-corrected chi connectivity index (χ4v) is 4.93. The van der Waals surface area contributed by atoms with Gasteiger partial charge in [0.25, 0.3) is 11.8 Å². The van der Waals surface area contributed by atoms with Crippen LogP contribution < -0.4 is 5.32 Å². The second kappa shape index (κ2) is 9.90. The molecule has 0 radical (unpaired) electrons. The first-order chi connectivity index (χ1) is 16.0. The normalized spacial score (nSPS) is 21.0. The topological polar surface area (TPSA) is 98.4 Å². The van der Waals surface area contributed by atoms with Gasteiger partial charge in [-0.25, -0.2) is 9.78 Å². The van der Waals surface area contributed by atoms with E-state index in [2.05, 4.69) is 39.3 Å². The Morgan fingerprint density at radius 1 is 1.21 bits per heavy atom. The monoisotopic (exact) mass is 447 g/mol. The fraction of sp³-hybridized carbons (Fsp3) is 0.440. The molecule has 0 saturated carbocycles. The summed E-state index contributed by atoms with van der Waals surface area (Å²) in [5.41, 5.74) is 0.711. The van der Waals surface area contributed by atoms with Crippen LogP contribution in [-0.2, 0) is 11.2 Å². The molecule has 1 aromatic carbocycles. The molecule has 4 amide bonds. The number of imidazole rings is 1. The lowest BCUT2D eigenvalue weighted by atomic mass is 9.74. The molecule has 4 rings (SSSR count). The van der Waals surface area contributed by atoms with Crippen LogP contribution in [-0.4, -0.2) is 62.8 Å². The van der Waals surface area contributed by atoms with E-state index in [1.165, 1.54) is 23.0 Å². The second-order valence-corrected chi connectivity index (χ2v) is 8.59. The summed E-state index contributed by atoms with van der Waals surface area (Å²) in [6, 6.07) is 9.76. The molecule has 2 N–H and O–H groups in total. The van der Waals surface area contributed by atoms with Gasteiger partial charge in [0.05, 0.1) is 19.1 Å². The molecule has 2 fully saturated rings. The Labute approximate surface area is 193 Å². The van der Waals surface area contributed by atoms with E-state index in [-0.39, 0.29) is 30.3 Å². The molecule has 3 heterocycles. The number of aryl methyl sites for hydroxylation is 1. The highest BCUT2D eigenvalue weighted by Crippen LogP contribution is 2.37. The number of likely N-dealkylation sites (tertiary alicyclic amines) is 1. The van der Waals surface area contributed by atoms with Crippen molar-refractivity contribution < 1.29 is 14.4 Å². The lowest BCUT2D eigenvalue weighted by molar-refractivity contribution is -0.133. The highest BCUT2D eigenvalue weighted by Gasteiger charge is 2.55. The summed E-state index contributed by atoms with van der Waals surface area (Å²) in [5, 5.41) is 3.05. The highest BCUT2D eigenvalue weighted by atomic mass is 16.2. The van der Waals surface area contributed by atoms with Crippen molar-refractivity contribution in [3.8, 4) is 11.8 Å². The lowest BCUT2D eigenvalue weighted by Crippen LogP contribution is -2.56. The van der Waals surface area contributed by atoms with Crippen molar-refractivity contribution in [1.82, 2.24) is 25.1 Å². The zero-order valence-corrected chi connectivity index (χ0v) is 18.8. The van der Waals surface area contributed by atoms with Gasteiger partial charge in [0.15, 0.2) is 0 Å². The van der Waals surface area contributed by atoms with Crippen molar-refractivity contribution in [1.29, 1.82) is 0 Å². The standard InChI is InChI=1S/C25H29N5O3/c1-2-3-14-30-23(32)25(28-24(30)33,13-7-10-19-8-5-4-6-9-19)20-11-15-29(16-12-20)22(31)21-17-26-18-27-21/h4-6,8-9,17-18,20H,7,10-16H2,1H3,(H,26,27)(H,28,33). The van der Waals surface area contributed by atoms with E-state index < -0.39 is 5.54 Å². The summed E-state index contributed by atoms with van der Waals surface area (Å²) < 4.78 is 0. The van der Waals surface area contributed by atoms with E-state index >= 15 is 0 Å². The van der Waals surface area contributed by atoms with Crippen LogP contribution in [0.5, 0.6) is 0 Å². The first-order valence-corrected chi connectivity index (χ1v) is 11.4. The number of hydrogen-bond donors (Lipinski definition) is 2. The highest BCUT2D eigenvalue weighted by molar-refractivity contribution is 6.07. The van der Waals surface area contributed by atoms with Gasteiger partial charge in [0.2, 0.25) is 0 Å². The molecule has 2 aliphatic heterocycles. The van der Waals surface area contributed by atoms with Gasteiger partial charge in [0, 0.05) is 13.1 Å². The van der Waals surface area contributed by atoms with Crippen LogP contribution in [0, 0.1) is 17.8 Å². The number of nitrogens with one attached hydrogen (secondary N) is 2. The number of hydrogen-bond acceptors (Lipinski definition) is 4. The summed E-state index contributed by atoms with van der Waals surface area (Å²) in [6.07, 6.45) is 6.46. The molecule has 1 unspecified atom stereocenters. The summed E-state index contributed by atoms with van der Waals surface area (Å²) in [5.74, 6) is 5.27. The molecule has 0 aliphatic carbocycles. The zero-order valence-electron chi connectivity index (χ0n) is 18.8. The minimum atomic E-state index is -0.954. The Balaban J connectivity index is 1.49. The maximum absolute atomic E-state index is 13.6. The van der Waals surface area contributed by atoms with E-state index in [1.54, 1.807) is 11.8 Å². The summed E-state index contributed by atoms with van der Waals surface area (Å²) in [4.78, 5) is 48.8. The van der Waals surface area contributed by atoms with E-state index in [0.29, 0.717) is 38.0 Å². The number of imide groups is 1. The molecule has 0 bridgehead atoms. The Kier molecular flexibility index (Phi) is 6.78. The Morgan fingerprint density at radius 3 is 2.64 bits per heavy atom. The van der Waals surface area contributed by atoms with Crippen molar-refractivity contribution in [3.05, 3.63) is 54.1 Å². The van der Waals surface area contributed by atoms with Crippen molar-refractivity contribution in [2.24, 2.45) is 5.92 Å². The lowest BCUT2D eigenvalue weighted by Gasteiger charge is -2.41. The number of aromatic nitrogens is 2.